The molecular weight excluding hydrogens is 264 g/mol. The largest absolute Gasteiger partial charge is 0.503 e. The van der Waals surface area contributed by atoms with Crippen molar-refractivity contribution in [3.63, 3.8) is 0 Å². The summed E-state index contributed by atoms with van der Waals surface area (Å²) in [6.07, 6.45) is 8.52. The molecule has 0 spiro atoms. The van der Waals surface area contributed by atoms with Gasteiger partial charge >= 0.3 is 5.97 Å². The second kappa shape index (κ2) is 7.48. The number of ether oxygens (including phenoxy) is 2. The van der Waals surface area contributed by atoms with E-state index in [1.54, 1.807) is 0 Å². The molecule has 21 heavy (non-hydrogen) atoms. The van der Waals surface area contributed by atoms with Gasteiger partial charge in [-0.2, -0.15) is 0 Å². The monoisotopic (exact) mass is 284 g/mol. The highest BCUT2D eigenvalue weighted by atomic mass is 16.5. The van der Waals surface area contributed by atoms with Crippen LogP contribution in [0.5, 0.6) is 0 Å². The zero-order valence-corrected chi connectivity index (χ0v) is 12.5. The van der Waals surface area contributed by atoms with E-state index in [4.69, 9.17) is 9.47 Å². The number of carbonyl (C=O) groups is 1. The Morgan fingerprint density at radius 1 is 1.10 bits per heavy atom. The molecule has 0 N–H and O–H groups in total. The Morgan fingerprint density at radius 3 is 2.52 bits per heavy atom. The number of esters is 1. The molecule has 0 atom stereocenters. The second-order valence-electron chi connectivity index (χ2n) is 4.86. The van der Waals surface area contributed by atoms with Gasteiger partial charge in [0.1, 0.15) is 0 Å². The summed E-state index contributed by atoms with van der Waals surface area (Å²) in [5.74, 6) is -0.348. The summed E-state index contributed by atoms with van der Waals surface area (Å²) in [5.41, 5.74) is 3.86. The molecule has 2 rings (SSSR count). The smallest absolute Gasteiger partial charge is 0.341 e. The van der Waals surface area contributed by atoms with Crippen LogP contribution in [0.3, 0.4) is 0 Å². The first kappa shape index (κ1) is 15.1. The Balaban J connectivity index is 2.29. The molecule has 1 aliphatic carbocycles. The number of hydrogen-bond acceptors (Lipinski definition) is 3. The quantitative estimate of drug-likeness (QED) is 0.467. The van der Waals surface area contributed by atoms with Crippen molar-refractivity contribution in [3.05, 3.63) is 65.0 Å². The third kappa shape index (κ3) is 3.85. The van der Waals surface area contributed by atoms with E-state index in [-0.39, 0.29) is 5.97 Å². The molecule has 3 heteroatoms. The predicted molar refractivity (Wildman–Crippen MR) is 83.5 cm³/mol. The van der Waals surface area contributed by atoms with Crippen molar-refractivity contribution in [1.29, 1.82) is 0 Å². The lowest BCUT2D eigenvalue weighted by molar-refractivity contribution is -0.136. The van der Waals surface area contributed by atoms with Crippen LogP contribution in [0.15, 0.2) is 59.4 Å². The summed E-state index contributed by atoms with van der Waals surface area (Å²) in [5, 5.41) is 0. The number of carbonyl (C=O) groups excluding carboxylic acids is 1. The van der Waals surface area contributed by atoms with E-state index in [0.717, 1.165) is 30.4 Å². The molecule has 0 amide bonds. The molecule has 0 unspecified atom stereocenters. The van der Waals surface area contributed by atoms with Gasteiger partial charge in [0.15, 0.2) is 0 Å². The lowest BCUT2D eigenvalue weighted by Gasteiger charge is -2.08. The van der Waals surface area contributed by atoms with Gasteiger partial charge < -0.3 is 9.47 Å². The zero-order valence-electron chi connectivity index (χ0n) is 12.5. The highest BCUT2D eigenvalue weighted by Crippen LogP contribution is 2.33. The van der Waals surface area contributed by atoms with Crippen molar-refractivity contribution < 1.29 is 14.3 Å². The molecule has 0 aromatic heterocycles. The van der Waals surface area contributed by atoms with Gasteiger partial charge in [-0.1, -0.05) is 42.5 Å². The summed E-state index contributed by atoms with van der Waals surface area (Å²) in [4.78, 5) is 11.9. The third-order valence-corrected chi connectivity index (χ3v) is 3.50. The minimum atomic E-state index is -0.348. The van der Waals surface area contributed by atoms with Gasteiger partial charge in [0, 0.05) is 0 Å². The molecule has 0 aliphatic heterocycles. The molecule has 0 bridgehead atoms. The average molecular weight is 284 g/mol. The minimum Gasteiger partial charge on any atom is -0.503 e. The number of rotatable bonds is 5. The van der Waals surface area contributed by atoms with E-state index in [9.17, 15) is 4.79 Å². The molecule has 0 fully saturated rings. The van der Waals surface area contributed by atoms with Gasteiger partial charge in [-0.3, -0.25) is 0 Å². The van der Waals surface area contributed by atoms with Gasteiger partial charge in [0.2, 0.25) is 0 Å². The van der Waals surface area contributed by atoms with Crippen LogP contribution in [0.4, 0.5) is 0 Å². The van der Waals surface area contributed by atoms with Crippen LogP contribution in [0.25, 0.3) is 6.08 Å². The Morgan fingerprint density at radius 2 is 1.86 bits per heavy atom. The molecule has 0 radical (unpaired) electrons. The molecule has 0 saturated heterocycles. The van der Waals surface area contributed by atoms with E-state index >= 15 is 0 Å². The SMILES string of the molecule is CO/C=C(/C(=O)OC)C1=C(/C=C/c2ccccc2)CCC1. The molecule has 1 aromatic rings. The fraction of sp³-hybridized carbons (Fsp3) is 0.278. The number of allylic oxidation sites excluding steroid dienone is 2. The van der Waals surface area contributed by atoms with Crippen LogP contribution >= 0.6 is 0 Å². The van der Waals surface area contributed by atoms with Crippen LogP contribution in [0, 0.1) is 0 Å². The summed E-state index contributed by atoms with van der Waals surface area (Å²) >= 11 is 0. The first-order chi connectivity index (χ1) is 10.3. The standard InChI is InChI=1S/C18H20O3/c1-20-13-17(18(19)21-2)16-10-6-9-15(16)12-11-14-7-4-3-5-8-14/h3-5,7-8,11-13H,6,9-10H2,1-2H3/b12-11+,17-13+. The highest BCUT2D eigenvalue weighted by molar-refractivity contribution is 5.93. The Labute approximate surface area is 125 Å². The van der Waals surface area contributed by atoms with E-state index < -0.39 is 0 Å². The molecule has 1 aliphatic rings. The summed E-state index contributed by atoms with van der Waals surface area (Å²) < 4.78 is 9.87. The lowest BCUT2D eigenvalue weighted by atomic mass is 10.0. The van der Waals surface area contributed by atoms with Gasteiger partial charge in [-0.15, -0.1) is 0 Å². The minimum absolute atomic E-state index is 0.348. The molecule has 0 saturated carbocycles. The molecule has 110 valence electrons. The van der Waals surface area contributed by atoms with E-state index in [1.165, 1.54) is 26.1 Å². The first-order valence-corrected chi connectivity index (χ1v) is 7.03. The van der Waals surface area contributed by atoms with Crippen molar-refractivity contribution in [2.45, 2.75) is 19.3 Å². The van der Waals surface area contributed by atoms with Crippen LogP contribution in [0.2, 0.25) is 0 Å². The number of benzene rings is 1. The Hall–Kier alpha value is -2.29. The van der Waals surface area contributed by atoms with Crippen molar-refractivity contribution in [3.8, 4) is 0 Å². The average Bonchev–Trinajstić information content (AvgIpc) is 2.99. The predicted octanol–water partition coefficient (Wildman–Crippen LogP) is 3.88. The van der Waals surface area contributed by atoms with Gasteiger partial charge in [-0.25, -0.2) is 4.79 Å². The highest BCUT2D eigenvalue weighted by Gasteiger charge is 2.22. The maximum atomic E-state index is 11.9. The topological polar surface area (TPSA) is 35.5 Å². The van der Waals surface area contributed by atoms with E-state index in [0.29, 0.717) is 5.57 Å². The zero-order chi connectivity index (χ0) is 15.1. The van der Waals surface area contributed by atoms with Crippen molar-refractivity contribution in [2.24, 2.45) is 0 Å². The van der Waals surface area contributed by atoms with Crippen LogP contribution < -0.4 is 0 Å². The number of hydrogen-bond donors (Lipinski definition) is 0. The van der Waals surface area contributed by atoms with Crippen molar-refractivity contribution in [1.82, 2.24) is 0 Å². The van der Waals surface area contributed by atoms with Crippen LogP contribution in [-0.2, 0) is 14.3 Å². The van der Waals surface area contributed by atoms with Gasteiger partial charge in [0.25, 0.3) is 0 Å². The van der Waals surface area contributed by atoms with E-state index in [2.05, 4.69) is 24.3 Å². The maximum absolute atomic E-state index is 11.9. The fourth-order valence-corrected chi connectivity index (χ4v) is 2.49. The molecule has 3 nitrogen and oxygen atoms in total. The molecule has 1 aromatic carbocycles. The number of methoxy groups -OCH3 is 2. The fourth-order valence-electron chi connectivity index (χ4n) is 2.49. The molecule has 0 heterocycles. The van der Waals surface area contributed by atoms with Crippen LogP contribution in [0.1, 0.15) is 24.8 Å². The Kier molecular flexibility index (Phi) is 5.38. The Bertz CT molecular complexity index is 580. The van der Waals surface area contributed by atoms with Crippen molar-refractivity contribution in [2.75, 3.05) is 14.2 Å². The normalized spacial score (nSPS) is 15.6. The molecular formula is C18H20O3. The second-order valence-corrected chi connectivity index (χ2v) is 4.86. The van der Waals surface area contributed by atoms with Gasteiger partial charge in [0.05, 0.1) is 26.1 Å². The summed E-state index contributed by atoms with van der Waals surface area (Å²) in [6.45, 7) is 0. The third-order valence-electron chi connectivity index (χ3n) is 3.50. The lowest BCUT2D eigenvalue weighted by Crippen LogP contribution is -2.07. The first-order valence-electron chi connectivity index (χ1n) is 7.03. The van der Waals surface area contributed by atoms with Crippen molar-refractivity contribution >= 4 is 12.0 Å². The van der Waals surface area contributed by atoms with Crippen LogP contribution in [-0.4, -0.2) is 20.2 Å². The van der Waals surface area contributed by atoms with E-state index in [1.807, 2.05) is 18.2 Å². The maximum Gasteiger partial charge on any atom is 0.341 e. The summed E-state index contributed by atoms with van der Waals surface area (Å²) in [7, 11) is 2.93. The van der Waals surface area contributed by atoms with Gasteiger partial charge in [-0.05, 0) is 36.0 Å². The summed E-state index contributed by atoms with van der Waals surface area (Å²) in [6, 6.07) is 10.1.